The van der Waals surface area contributed by atoms with Crippen molar-refractivity contribution in [1.29, 1.82) is 0 Å². The number of methoxy groups -OCH3 is 1. The lowest BCUT2D eigenvalue weighted by molar-refractivity contribution is -0.239. The van der Waals surface area contributed by atoms with Gasteiger partial charge >= 0.3 is 5.97 Å². The number of benzene rings is 1. The van der Waals surface area contributed by atoms with Crippen LogP contribution in [0.15, 0.2) is 35.4 Å². The van der Waals surface area contributed by atoms with Crippen molar-refractivity contribution < 1.29 is 23.7 Å². The minimum absolute atomic E-state index is 0.212. The molecule has 166 valence electrons. The zero-order valence-corrected chi connectivity index (χ0v) is 18.5. The highest BCUT2D eigenvalue weighted by atomic mass is 16.7. The van der Waals surface area contributed by atoms with E-state index in [1.807, 2.05) is 51.1 Å². The van der Waals surface area contributed by atoms with Gasteiger partial charge < -0.3 is 18.9 Å². The molecule has 0 aliphatic carbocycles. The molecule has 7 nitrogen and oxygen atoms in total. The molecule has 0 bridgehead atoms. The van der Waals surface area contributed by atoms with Crippen LogP contribution >= 0.6 is 0 Å². The van der Waals surface area contributed by atoms with Gasteiger partial charge in [0.05, 0.1) is 38.0 Å². The third-order valence-corrected chi connectivity index (χ3v) is 5.55. The molecule has 0 saturated carbocycles. The largest absolute Gasteiger partial charge is 0.466 e. The summed E-state index contributed by atoms with van der Waals surface area (Å²) in [7, 11) is 1.71. The van der Waals surface area contributed by atoms with Gasteiger partial charge in [0.15, 0.2) is 5.79 Å². The van der Waals surface area contributed by atoms with Crippen molar-refractivity contribution in [3.63, 3.8) is 0 Å². The Labute approximate surface area is 179 Å². The van der Waals surface area contributed by atoms with Gasteiger partial charge in [0, 0.05) is 19.6 Å². The zero-order valence-electron chi connectivity index (χ0n) is 18.5. The van der Waals surface area contributed by atoms with Gasteiger partial charge in [0.25, 0.3) is 0 Å². The second-order valence-electron chi connectivity index (χ2n) is 8.26. The Morgan fingerprint density at radius 1 is 1.33 bits per heavy atom. The predicted molar refractivity (Wildman–Crippen MR) is 114 cm³/mol. The molecule has 30 heavy (non-hydrogen) atoms. The molecule has 7 heteroatoms. The van der Waals surface area contributed by atoms with E-state index in [-0.39, 0.29) is 30.5 Å². The van der Waals surface area contributed by atoms with Gasteiger partial charge in [-0.15, -0.1) is 0 Å². The van der Waals surface area contributed by atoms with E-state index in [4.69, 9.17) is 24.0 Å². The summed E-state index contributed by atoms with van der Waals surface area (Å²) in [5, 5.41) is 7.04. The van der Waals surface area contributed by atoms with Gasteiger partial charge in [0.1, 0.15) is 6.10 Å². The number of hydrazone groups is 1. The Hall–Kier alpha value is -1.96. The molecule has 2 fully saturated rings. The molecule has 0 spiro atoms. The first-order valence-corrected chi connectivity index (χ1v) is 10.8. The summed E-state index contributed by atoms with van der Waals surface area (Å²) >= 11 is 0. The maximum Gasteiger partial charge on any atom is 0.306 e. The summed E-state index contributed by atoms with van der Waals surface area (Å²) in [6, 6.07) is 10.2. The van der Waals surface area contributed by atoms with Crippen molar-refractivity contribution >= 4 is 11.7 Å². The first kappa shape index (κ1) is 22.7. The van der Waals surface area contributed by atoms with Crippen molar-refractivity contribution in [2.75, 3.05) is 33.5 Å². The van der Waals surface area contributed by atoms with Gasteiger partial charge in [-0.3, -0.25) is 9.80 Å². The fraction of sp³-hybridized carbons (Fsp3) is 0.652. The smallest absolute Gasteiger partial charge is 0.306 e. The second-order valence-corrected chi connectivity index (χ2v) is 8.26. The fourth-order valence-electron chi connectivity index (χ4n) is 4.12. The van der Waals surface area contributed by atoms with Gasteiger partial charge in [-0.05, 0) is 39.2 Å². The topological polar surface area (TPSA) is 69.6 Å². The predicted octanol–water partition coefficient (Wildman–Crippen LogP) is 3.34. The lowest BCUT2D eigenvalue weighted by atomic mass is 9.87. The van der Waals surface area contributed by atoms with Gasteiger partial charge in [-0.2, -0.15) is 5.10 Å². The van der Waals surface area contributed by atoms with Crippen LogP contribution in [0.2, 0.25) is 0 Å². The SMILES string of the molecule is CCOC(=O)C[C@H](c1ccccc1)[C@@H]1OC(C)(C)OC/C1=N\N1CCC[C@H]1COC. The Kier molecular flexibility index (Phi) is 7.86. The molecule has 1 aromatic carbocycles. The van der Waals surface area contributed by atoms with Crippen LogP contribution in [-0.2, 0) is 23.7 Å². The summed E-state index contributed by atoms with van der Waals surface area (Å²) in [4.78, 5) is 12.4. The molecule has 3 atom stereocenters. The van der Waals surface area contributed by atoms with E-state index < -0.39 is 5.79 Å². The normalized spacial score (nSPS) is 26.0. The van der Waals surface area contributed by atoms with Gasteiger partial charge in [-0.25, -0.2) is 0 Å². The highest BCUT2D eigenvalue weighted by Crippen LogP contribution is 2.34. The number of carbonyl (C=O) groups excluding carboxylic acids is 1. The molecule has 0 aromatic heterocycles. The Balaban J connectivity index is 1.93. The lowest BCUT2D eigenvalue weighted by Crippen LogP contribution is -2.50. The quantitative estimate of drug-likeness (QED) is 0.603. The molecule has 2 aliphatic rings. The number of rotatable bonds is 8. The number of esters is 1. The van der Waals surface area contributed by atoms with Crippen LogP contribution in [0.3, 0.4) is 0 Å². The van der Waals surface area contributed by atoms with E-state index in [1.165, 1.54) is 0 Å². The molecule has 2 aliphatic heterocycles. The average molecular weight is 419 g/mol. The Bertz CT molecular complexity index is 722. The number of carbonyl (C=O) groups is 1. The first-order valence-electron chi connectivity index (χ1n) is 10.8. The molecular formula is C23H34N2O5. The average Bonchev–Trinajstić information content (AvgIpc) is 3.15. The molecule has 0 amide bonds. The molecule has 0 radical (unpaired) electrons. The molecule has 2 heterocycles. The van der Waals surface area contributed by atoms with E-state index in [0.717, 1.165) is 30.7 Å². The van der Waals surface area contributed by atoms with E-state index in [0.29, 0.717) is 19.8 Å². The Morgan fingerprint density at radius 2 is 2.10 bits per heavy atom. The van der Waals surface area contributed by atoms with Gasteiger partial charge in [-0.1, -0.05) is 30.3 Å². The molecule has 0 unspecified atom stereocenters. The lowest BCUT2D eigenvalue weighted by Gasteiger charge is -2.41. The monoisotopic (exact) mass is 418 g/mol. The third kappa shape index (κ3) is 5.80. The molecule has 2 saturated heterocycles. The van der Waals surface area contributed by atoms with Crippen LogP contribution in [-0.4, -0.2) is 68.1 Å². The number of hydrogen-bond acceptors (Lipinski definition) is 7. The third-order valence-electron chi connectivity index (χ3n) is 5.55. The van der Waals surface area contributed by atoms with E-state index in [1.54, 1.807) is 7.11 Å². The van der Waals surface area contributed by atoms with Crippen molar-refractivity contribution in [3.05, 3.63) is 35.9 Å². The molecule has 0 N–H and O–H groups in total. The summed E-state index contributed by atoms with van der Waals surface area (Å²) in [6.45, 7) is 7.84. The fourth-order valence-corrected chi connectivity index (χ4v) is 4.12. The summed E-state index contributed by atoms with van der Waals surface area (Å²) in [5.74, 6) is -1.21. The highest BCUT2D eigenvalue weighted by molar-refractivity contribution is 5.92. The van der Waals surface area contributed by atoms with Crippen LogP contribution in [0.5, 0.6) is 0 Å². The van der Waals surface area contributed by atoms with Crippen LogP contribution in [0.1, 0.15) is 51.5 Å². The number of hydrogen-bond donors (Lipinski definition) is 0. The molecule has 1 aromatic rings. The number of ether oxygens (including phenoxy) is 4. The maximum atomic E-state index is 12.4. The standard InChI is InChI=1S/C23H34N2O5/c1-5-28-21(26)14-19(17-10-7-6-8-11-17)22-20(16-29-23(2,3)30-22)24-25-13-9-12-18(25)15-27-4/h6-8,10-11,18-19,22H,5,9,12-16H2,1-4H3/b24-20+/t18-,19+,22-/m0/s1. The van der Waals surface area contributed by atoms with Crippen LogP contribution in [0.4, 0.5) is 0 Å². The summed E-state index contributed by atoms with van der Waals surface area (Å²) in [5.41, 5.74) is 1.83. The zero-order chi connectivity index (χ0) is 21.6. The van der Waals surface area contributed by atoms with Crippen molar-refractivity contribution in [2.45, 2.75) is 63.9 Å². The minimum Gasteiger partial charge on any atom is -0.466 e. The molecular weight excluding hydrogens is 384 g/mol. The van der Waals surface area contributed by atoms with Crippen LogP contribution in [0.25, 0.3) is 0 Å². The van der Waals surface area contributed by atoms with Crippen LogP contribution < -0.4 is 0 Å². The summed E-state index contributed by atoms with van der Waals surface area (Å²) in [6.07, 6.45) is 1.96. The van der Waals surface area contributed by atoms with Crippen molar-refractivity contribution in [3.8, 4) is 0 Å². The Morgan fingerprint density at radius 3 is 2.80 bits per heavy atom. The second kappa shape index (κ2) is 10.4. The van der Waals surface area contributed by atoms with Crippen molar-refractivity contribution in [1.82, 2.24) is 5.01 Å². The van der Waals surface area contributed by atoms with Crippen LogP contribution in [0, 0.1) is 0 Å². The maximum absolute atomic E-state index is 12.4. The van der Waals surface area contributed by atoms with Crippen molar-refractivity contribution in [2.24, 2.45) is 5.10 Å². The van der Waals surface area contributed by atoms with E-state index in [9.17, 15) is 4.79 Å². The van der Waals surface area contributed by atoms with E-state index in [2.05, 4.69) is 5.01 Å². The summed E-state index contributed by atoms with van der Waals surface area (Å²) < 4.78 is 22.9. The van der Waals surface area contributed by atoms with Gasteiger partial charge in [0.2, 0.25) is 0 Å². The van der Waals surface area contributed by atoms with E-state index >= 15 is 0 Å². The minimum atomic E-state index is -0.762. The first-order chi connectivity index (χ1) is 14.4. The molecule has 3 rings (SSSR count). The number of nitrogens with zero attached hydrogens (tertiary/aromatic N) is 2. The highest BCUT2D eigenvalue weighted by Gasteiger charge is 2.41.